The number of amides is 2. The Labute approximate surface area is 204 Å². The molecule has 0 aromatic heterocycles. The van der Waals surface area contributed by atoms with E-state index in [2.05, 4.69) is 22.8 Å². The third kappa shape index (κ3) is 4.50. The van der Waals surface area contributed by atoms with E-state index in [-0.39, 0.29) is 42.9 Å². The van der Waals surface area contributed by atoms with E-state index >= 15 is 0 Å². The molecule has 1 unspecified atom stereocenters. The Morgan fingerprint density at radius 3 is 2.29 bits per heavy atom. The molecule has 0 bridgehead atoms. The Balaban J connectivity index is 1.17. The molecule has 5 atom stereocenters. The highest BCUT2D eigenvalue weighted by atomic mass is 16.5. The lowest BCUT2D eigenvalue weighted by Crippen LogP contribution is -2.57. The first-order chi connectivity index (χ1) is 17.0. The average Bonchev–Trinajstić information content (AvgIpc) is 3.36. The van der Waals surface area contributed by atoms with Gasteiger partial charge in [-0.15, -0.1) is 0 Å². The summed E-state index contributed by atoms with van der Waals surface area (Å²) in [6.07, 6.45) is 1.35. The Morgan fingerprint density at radius 1 is 1.00 bits per heavy atom. The molecule has 2 aromatic rings. The zero-order valence-electron chi connectivity index (χ0n) is 19.6. The van der Waals surface area contributed by atoms with Crippen LogP contribution in [0.1, 0.15) is 36.3 Å². The first-order valence-corrected chi connectivity index (χ1v) is 12.1. The van der Waals surface area contributed by atoms with Gasteiger partial charge in [-0.2, -0.15) is 0 Å². The van der Waals surface area contributed by atoms with Gasteiger partial charge in [-0.25, -0.2) is 4.79 Å². The number of rotatable bonds is 8. The number of carbonyl (C=O) groups excluding carboxylic acids is 2. The molecule has 2 saturated carbocycles. The largest absolute Gasteiger partial charge is 0.481 e. The van der Waals surface area contributed by atoms with E-state index in [9.17, 15) is 19.5 Å². The Morgan fingerprint density at radius 2 is 1.66 bits per heavy atom. The van der Waals surface area contributed by atoms with Crippen LogP contribution in [0.15, 0.2) is 48.5 Å². The molecule has 2 aromatic carbocycles. The second-order valence-corrected chi connectivity index (χ2v) is 9.76. The Bertz CT molecular complexity index is 1090. The van der Waals surface area contributed by atoms with E-state index in [0.717, 1.165) is 28.7 Å². The summed E-state index contributed by atoms with van der Waals surface area (Å²) in [6, 6.07) is 15.2. The van der Waals surface area contributed by atoms with Gasteiger partial charge in [0.2, 0.25) is 5.91 Å². The molecule has 0 spiro atoms. The minimum atomic E-state index is -0.897. The van der Waals surface area contributed by atoms with E-state index in [1.54, 1.807) is 0 Å². The first-order valence-electron chi connectivity index (χ1n) is 12.1. The molecule has 0 saturated heterocycles. The lowest BCUT2D eigenvalue weighted by molar-refractivity contribution is -0.141. The van der Waals surface area contributed by atoms with E-state index in [0.29, 0.717) is 18.8 Å². The van der Waals surface area contributed by atoms with Crippen molar-refractivity contribution >= 4 is 18.0 Å². The van der Waals surface area contributed by atoms with Crippen LogP contribution in [-0.4, -0.2) is 55.5 Å². The quantitative estimate of drug-likeness (QED) is 0.537. The number of carboxylic acid groups (broad SMARTS) is 1. The zero-order valence-corrected chi connectivity index (χ0v) is 19.6. The number of carboxylic acids is 1. The van der Waals surface area contributed by atoms with Crippen molar-refractivity contribution in [3.05, 3.63) is 59.7 Å². The lowest BCUT2D eigenvalue weighted by Gasteiger charge is -2.41. The Hall–Kier alpha value is -3.39. The van der Waals surface area contributed by atoms with E-state index in [4.69, 9.17) is 9.47 Å². The summed E-state index contributed by atoms with van der Waals surface area (Å²) in [7, 11) is 1.47. The Kier molecular flexibility index (Phi) is 6.47. The van der Waals surface area contributed by atoms with E-state index in [1.807, 2.05) is 36.4 Å². The van der Waals surface area contributed by atoms with Gasteiger partial charge in [-0.3, -0.25) is 9.59 Å². The van der Waals surface area contributed by atoms with E-state index in [1.165, 1.54) is 7.11 Å². The average molecular weight is 479 g/mol. The van der Waals surface area contributed by atoms with Crippen LogP contribution in [0.3, 0.4) is 0 Å². The number of nitrogens with one attached hydrogen (secondary N) is 2. The van der Waals surface area contributed by atoms with Gasteiger partial charge in [-0.1, -0.05) is 48.5 Å². The van der Waals surface area contributed by atoms with Crippen molar-refractivity contribution in [2.24, 2.45) is 17.8 Å². The number of hydrogen-bond donors (Lipinski definition) is 3. The molecule has 0 radical (unpaired) electrons. The van der Waals surface area contributed by atoms with Crippen LogP contribution in [0.2, 0.25) is 0 Å². The van der Waals surface area contributed by atoms with Crippen molar-refractivity contribution in [3.8, 4) is 11.1 Å². The van der Waals surface area contributed by atoms with Crippen molar-refractivity contribution in [3.63, 3.8) is 0 Å². The molecule has 8 nitrogen and oxygen atoms in total. The maximum Gasteiger partial charge on any atom is 0.407 e. The summed E-state index contributed by atoms with van der Waals surface area (Å²) in [4.78, 5) is 36.8. The molecule has 3 aliphatic rings. The van der Waals surface area contributed by atoms with Crippen molar-refractivity contribution in [2.75, 3.05) is 20.3 Å². The highest BCUT2D eigenvalue weighted by Gasteiger charge is 2.50. The maximum atomic E-state index is 12.9. The van der Waals surface area contributed by atoms with E-state index < -0.39 is 18.1 Å². The summed E-state index contributed by atoms with van der Waals surface area (Å²) in [6.45, 7) is 0.165. The van der Waals surface area contributed by atoms with Gasteiger partial charge in [0, 0.05) is 19.1 Å². The lowest BCUT2D eigenvalue weighted by atomic mass is 9.71. The molecule has 0 aliphatic heterocycles. The number of carbonyl (C=O) groups is 3. The predicted molar refractivity (Wildman–Crippen MR) is 128 cm³/mol. The molecular weight excluding hydrogens is 448 g/mol. The highest BCUT2D eigenvalue weighted by Crippen LogP contribution is 2.49. The predicted octanol–water partition coefficient (Wildman–Crippen LogP) is 3.16. The van der Waals surface area contributed by atoms with Crippen LogP contribution in [0.25, 0.3) is 11.1 Å². The number of fused-ring (bicyclic) bond motifs is 4. The minimum Gasteiger partial charge on any atom is -0.481 e. The normalized spacial score (nSPS) is 24.9. The minimum absolute atomic E-state index is 0.00853. The molecule has 184 valence electrons. The van der Waals surface area contributed by atoms with Crippen LogP contribution in [-0.2, 0) is 19.1 Å². The molecule has 0 heterocycles. The molecule has 8 heteroatoms. The van der Waals surface area contributed by atoms with Gasteiger partial charge in [0.05, 0.1) is 12.5 Å². The number of ether oxygens (including phenoxy) is 2. The van der Waals surface area contributed by atoms with Gasteiger partial charge in [0.15, 0.2) is 0 Å². The fourth-order valence-corrected chi connectivity index (χ4v) is 6.01. The SMILES string of the molecule is COC[C@H](NC(=O)OCC1c2ccccc2-c2ccccc21)C(=O)N[C@@H]1C[C@@H]2CC(C(=O)O)C[C@@H]21. The molecule has 35 heavy (non-hydrogen) atoms. The monoisotopic (exact) mass is 478 g/mol. The zero-order chi connectivity index (χ0) is 24.5. The fourth-order valence-electron chi connectivity index (χ4n) is 6.01. The molecule has 5 rings (SSSR count). The summed E-state index contributed by atoms with van der Waals surface area (Å²) in [5.41, 5.74) is 4.51. The molecule has 3 N–H and O–H groups in total. The summed E-state index contributed by atoms with van der Waals surface area (Å²) in [5.74, 6) is -0.990. The molecule has 3 aliphatic carbocycles. The number of benzene rings is 2. The fraction of sp³-hybridized carbons (Fsp3) is 0.444. The van der Waals surface area contributed by atoms with Crippen molar-refractivity contribution in [2.45, 2.75) is 37.3 Å². The van der Waals surface area contributed by atoms with Crippen LogP contribution >= 0.6 is 0 Å². The molecule has 2 amide bonds. The van der Waals surface area contributed by atoms with Crippen LogP contribution < -0.4 is 10.6 Å². The molecule has 2 fully saturated rings. The second-order valence-electron chi connectivity index (χ2n) is 9.76. The van der Waals surface area contributed by atoms with Crippen molar-refractivity contribution in [1.29, 1.82) is 0 Å². The maximum absolute atomic E-state index is 12.9. The summed E-state index contributed by atoms with van der Waals surface area (Å²) >= 11 is 0. The van der Waals surface area contributed by atoms with Crippen molar-refractivity contribution in [1.82, 2.24) is 10.6 Å². The summed E-state index contributed by atoms with van der Waals surface area (Å²) in [5, 5.41) is 14.9. The number of methoxy groups -OCH3 is 1. The summed E-state index contributed by atoms with van der Waals surface area (Å²) < 4.78 is 10.7. The van der Waals surface area contributed by atoms with Crippen molar-refractivity contribution < 1.29 is 29.0 Å². The van der Waals surface area contributed by atoms with Crippen LogP contribution in [0, 0.1) is 17.8 Å². The van der Waals surface area contributed by atoms with Gasteiger partial charge in [-0.05, 0) is 53.4 Å². The van der Waals surface area contributed by atoms with Gasteiger partial charge in [0.1, 0.15) is 12.6 Å². The van der Waals surface area contributed by atoms with Crippen LogP contribution in [0.4, 0.5) is 4.79 Å². The first kappa shape index (κ1) is 23.4. The number of alkyl carbamates (subject to hydrolysis) is 1. The number of aliphatic carboxylic acids is 1. The third-order valence-corrected chi connectivity index (χ3v) is 7.79. The smallest absolute Gasteiger partial charge is 0.407 e. The molecular formula is C27H30N2O6. The second kappa shape index (κ2) is 9.70. The highest BCUT2D eigenvalue weighted by molar-refractivity contribution is 5.86. The third-order valence-electron chi connectivity index (χ3n) is 7.79. The van der Waals surface area contributed by atoms with Gasteiger partial charge >= 0.3 is 12.1 Å². The topological polar surface area (TPSA) is 114 Å². The van der Waals surface area contributed by atoms with Gasteiger partial charge < -0.3 is 25.2 Å². The standard InChI is InChI=1S/C27H30N2O6/c1-34-14-24(25(30)28-23-12-15-10-16(26(31)32)11-21(15)23)29-27(33)35-13-22-19-8-4-2-6-17(19)18-7-3-5-9-20(18)22/h2-9,15-16,21-24H,10-14H2,1H3,(H,28,30)(H,29,33)(H,31,32)/t15-,16?,21-,23+,24-/m0/s1. The van der Waals surface area contributed by atoms with Gasteiger partial charge in [0.25, 0.3) is 0 Å². The number of hydrogen-bond acceptors (Lipinski definition) is 5. The van der Waals surface area contributed by atoms with Crippen LogP contribution in [0.5, 0.6) is 0 Å².